The Morgan fingerprint density at radius 2 is 1.88 bits per heavy atom. The zero-order valence-corrected chi connectivity index (χ0v) is 9.94. The molecule has 0 unspecified atom stereocenters. The molecule has 1 aromatic carbocycles. The summed E-state index contributed by atoms with van der Waals surface area (Å²) >= 11 is 17.7. The third kappa shape index (κ3) is 1.82. The number of halogens is 3. The van der Waals surface area contributed by atoms with Crippen LogP contribution in [0.3, 0.4) is 0 Å². The summed E-state index contributed by atoms with van der Waals surface area (Å²) in [4.78, 5) is 14.7. The first-order valence-electron chi connectivity index (χ1n) is 4.18. The zero-order chi connectivity index (χ0) is 11.9. The Morgan fingerprint density at radius 3 is 2.50 bits per heavy atom. The molecular formula is C10H4Cl3NO2. The normalized spacial score (nSPS) is 10.7. The third-order valence-electron chi connectivity index (χ3n) is 2.04. The first kappa shape index (κ1) is 11.5. The highest BCUT2D eigenvalue weighted by Gasteiger charge is 2.13. The van der Waals surface area contributed by atoms with Crippen molar-refractivity contribution < 1.29 is 9.90 Å². The van der Waals surface area contributed by atoms with E-state index in [9.17, 15) is 4.79 Å². The van der Waals surface area contributed by atoms with E-state index in [1.807, 2.05) is 0 Å². The number of carboxylic acids is 1. The molecule has 1 heterocycles. The first-order valence-corrected chi connectivity index (χ1v) is 5.31. The highest BCUT2D eigenvalue weighted by molar-refractivity contribution is 6.46. The highest BCUT2D eigenvalue weighted by Crippen LogP contribution is 2.33. The largest absolute Gasteiger partial charge is 0.477 e. The molecule has 2 rings (SSSR count). The molecule has 82 valence electrons. The van der Waals surface area contributed by atoms with Crippen LogP contribution in [0.1, 0.15) is 10.5 Å². The van der Waals surface area contributed by atoms with Gasteiger partial charge in [-0.05, 0) is 18.2 Å². The summed E-state index contributed by atoms with van der Waals surface area (Å²) < 4.78 is 0. The average molecular weight is 277 g/mol. The van der Waals surface area contributed by atoms with Crippen LogP contribution in [-0.4, -0.2) is 16.1 Å². The van der Waals surface area contributed by atoms with Crippen molar-refractivity contribution in [3.8, 4) is 0 Å². The monoisotopic (exact) mass is 275 g/mol. The topological polar surface area (TPSA) is 50.2 Å². The van der Waals surface area contributed by atoms with E-state index in [4.69, 9.17) is 39.9 Å². The molecule has 0 aliphatic carbocycles. The van der Waals surface area contributed by atoms with Gasteiger partial charge in [-0.2, -0.15) is 0 Å². The Morgan fingerprint density at radius 1 is 1.19 bits per heavy atom. The molecule has 1 aromatic heterocycles. The number of hydrogen-bond donors (Lipinski definition) is 1. The van der Waals surface area contributed by atoms with E-state index in [2.05, 4.69) is 4.98 Å². The molecule has 0 aliphatic heterocycles. The van der Waals surface area contributed by atoms with Gasteiger partial charge >= 0.3 is 5.97 Å². The number of aromatic carboxylic acids is 1. The van der Waals surface area contributed by atoms with E-state index in [1.165, 1.54) is 6.07 Å². The Labute approximate surface area is 106 Å². The van der Waals surface area contributed by atoms with Crippen LogP contribution in [0.2, 0.25) is 15.1 Å². The van der Waals surface area contributed by atoms with Crippen LogP contribution < -0.4 is 0 Å². The van der Waals surface area contributed by atoms with Crippen molar-refractivity contribution >= 4 is 51.7 Å². The van der Waals surface area contributed by atoms with Crippen LogP contribution in [-0.2, 0) is 0 Å². The quantitative estimate of drug-likeness (QED) is 0.859. The molecule has 3 nitrogen and oxygen atoms in total. The number of carboxylic acid groups (broad SMARTS) is 1. The number of rotatable bonds is 1. The van der Waals surface area contributed by atoms with E-state index in [-0.39, 0.29) is 15.7 Å². The fraction of sp³-hybridized carbons (Fsp3) is 0. The average Bonchev–Trinajstić information content (AvgIpc) is 2.23. The number of fused-ring (bicyclic) bond motifs is 1. The molecule has 1 N–H and O–H groups in total. The van der Waals surface area contributed by atoms with Gasteiger partial charge in [0.2, 0.25) is 0 Å². The Hall–Kier alpha value is -1.03. The lowest BCUT2D eigenvalue weighted by Crippen LogP contribution is -2.00. The SMILES string of the molecule is O=C(O)c1cc(Cl)c2ccc(Cl)c(Cl)c2n1. The number of benzene rings is 1. The third-order valence-corrected chi connectivity index (χ3v) is 3.15. The van der Waals surface area contributed by atoms with E-state index >= 15 is 0 Å². The molecule has 0 radical (unpaired) electrons. The number of hydrogen-bond acceptors (Lipinski definition) is 2. The molecular weight excluding hydrogens is 272 g/mol. The van der Waals surface area contributed by atoms with Gasteiger partial charge in [0.1, 0.15) is 5.69 Å². The minimum Gasteiger partial charge on any atom is -0.477 e. The maximum atomic E-state index is 10.8. The lowest BCUT2D eigenvalue weighted by atomic mass is 10.2. The standard InChI is InChI=1S/C10H4Cl3NO2/c11-5-2-1-4-6(12)3-7(10(15)16)14-9(4)8(5)13/h1-3H,(H,15,16). The Kier molecular flexibility index (Phi) is 2.93. The van der Waals surface area contributed by atoms with Crippen LogP contribution in [0, 0.1) is 0 Å². The van der Waals surface area contributed by atoms with Crippen LogP contribution in [0.25, 0.3) is 10.9 Å². The predicted molar refractivity (Wildman–Crippen MR) is 63.7 cm³/mol. The Bertz CT molecular complexity index is 598. The molecule has 0 saturated carbocycles. The van der Waals surface area contributed by atoms with Crippen molar-refractivity contribution in [3.05, 3.63) is 39.0 Å². The Balaban J connectivity index is 2.88. The molecule has 0 bridgehead atoms. The maximum Gasteiger partial charge on any atom is 0.354 e. The molecule has 0 atom stereocenters. The highest BCUT2D eigenvalue weighted by atomic mass is 35.5. The smallest absolute Gasteiger partial charge is 0.354 e. The van der Waals surface area contributed by atoms with Crippen LogP contribution in [0.15, 0.2) is 18.2 Å². The number of carbonyl (C=O) groups is 1. The van der Waals surface area contributed by atoms with Crippen LogP contribution in [0.5, 0.6) is 0 Å². The molecule has 6 heteroatoms. The maximum absolute atomic E-state index is 10.8. The van der Waals surface area contributed by atoms with Gasteiger partial charge in [-0.25, -0.2) is 9.78 Å². The van der Waals surface area contributed by atoms with Crippen LogP contribution in [0.4, 0.5) is 0 Å². The lowest BCUT2D eigenvalue weighted by molar-refractivity contribution is 0.0691. The molecule has 0 amide bonds. The van der Waals surface area contributed by atoms with Gasteiger partial charge < -0.3 is 5.11 Å². The van der Waals surface area contributed by atoms with Crippen molar-refractivity contribution in [2.75, 3.05) is 0 Å². The molecule has 0 fully saturated rings. The summed E-state index contributed by atoms with van der Waals surface area (Å²) in [6.45, 7) is 0. The van der Waals surface area contributed by atoms with Gasteiger partial charge in [0.25, 0.3) is 0 Å². The molecule has 16 heavy (non-hydrogen) atoms. The summed E-state index contributed by atoms with van der Waals surface area (Å²) in [6.07, 6.45) is 0. The molecule has 0 aliphatic rings. The van der Waals surface area contributed by atoms with Gasteiger partial charge in [0, 0.05) is 5.39 Å². The summed E-state index contributed by atoms with van der Waals surface area (Å²) in [6, 6.07) is 4.50. The van der Waals surface area contributed by atoms with Gasteiger partial charge in [-0.3, -0.25) is 0 Å². The second kappa shape index (κ2) is 4.09. The van der Waals surface area contributed by atoms with Crippen LogP contribution >= 0.6 is 34.8 Å². The fourth-order valence-corrected chi connectivity index (χ4v) is 1.92. The molecule has 0 spiro atoms. The van der Waals surface area contributed by atoms with E-state index < -0.39 is 5.97 Å². The fourth-order valence-electron chi connectivity index (χ4n) is 1.30. The zero-order valence-electron chi connectivity index (χ0n) is 7.67. The summed E-state index contributed by atoms with van der Waals surface area (Å²) in [5.74, 6) is -1.17. The number of nitrogens with zero attached hydrogens (tertiary/aromatic N) is 1. The second-order valence-corrected chi connectivity index (χ2v) is 4.24. The summed E-state index contributed by atoms with van der Waals surface area (Å²) in [5, 5.41) is 10.2. The van der Waals surface area contributed by atoms with E-state index in [0.717, 1.165) is 0 Å². The summed E-state index contributed by atoms with van der Waals surface area (Å²) in [5.41, 5.74) is 0.126. The van der Waals surface area contributed by atoms with Crippen molar-refractivity contribution in [2.24, 2.45) is 0 Å². The minimum atomic E-state index is -1.17. The van der Waals surface area contributed by atoms with Crippen molar-refractivity contribution in [3.63, 3.8) is 0 Å². The predicted octanol–water partition coefficient (Wildman–Crippen LogP) is 3.89. The van der Waals surface area contributed by atoms with Gasteiger partial charge in [-0.15, -0.1) is 0 Å². The van der Waals surface area contributed by atoms with Gasteiger partial charge in [0.05, 0.1) is 20.6 Å². The first-order chi connectivity index (χ1) is 7.50. The molecule has 2 aromatic rings. The minimum absolute atomic E-state index is 0.165. The lowest BCUT2D eigenvalue weighted by Gasteiger charge is -2.05. The van der Waals surface area contributed by atoms with Gasteiger partial charge in [0.15, 0.2) is 0 Å². The van der Waals surface area contributed by atoms with E-state index in [1.54, 1.807) is 12.1 Å². The van der Waals surface area contributed by atoms with E-state index in [0.29, 0.717) is 15.9 Å². The van der Waals surface area contributed by atoms with Crippen molar-refractivity contribution in [1.29, 1.82) is 0 Å². The van der Waals surface area contributed by atoms with Gasteiger partial charge in [-0.1, -0.05) is 34.8 Å². The van der Waals surface area contributed by atoms with Crippen molar-refractivity contribution in [2.45, 2.75) is 0 Å². The molecule has 0 saturated heterocycles. The second-order valence-electron chi connectivity index (χ2n) is 3.05. The summed E-state index contributed by atoms with van der Waals surface area (Å²) in [7, 11) is 0. The van der Waals surface area contributed by atoms with Crippen molar-refractivity contribution in [1.82, 2.24) is 4.98 Å². The number of pyridine rings is 1. The number of aromatic nitrogens is 1.